The lowest BCUT2D eigenvalue weighted by atomic mass is 10.1. The van der Waals surface area contributed by atoms with E-state index in [1.807, 2.05) is 31.1 Å². The molecule has 1 aromatic carbocycles. The summed E-state index contributed by atoms with van der Waals surface area (Å²) >= 11 is 5.95. The number of amides is 1. The normalized spacial score (nSPS) is 10.5. The van der Waals surface area contributed by atoms with E-state index in [1.54, 1.807) is 36.5 Å². The van der Waals surface area contributed by atoms with Crippen molar-refractivity contribution in [3.05, 3.63) is 59.4 Å². The Bertz CT molecular complexity index is 859. The van der Waals surface area contributed by atoms with Crippen LogP contribution in [0.4, 0.5) is 11.5 Å². The van der Waals surface area contributed by atoms with E-state index in [4.69, 9.17) is 16.1 Å². The molecule has 3 rings (SSSR count). The van der Waals surface area contributed by atoms with Crippen molar-refractivity contribution in [1.29, 1.82) is 0 Å². The van der Waals surface area contributed by atoms with Crippen LogP contribution in [0.1, 0.15) is 10.5 Å². The van der Waals surface area contributed by atoms with E-state index < -0.39 is 0 Å². The molecule has 0 aliphatic heterocycles. The van der Waals surface area contributed by atoms with Crippen molar-refractivity contribution in [1.82, 2.24) is 10.1 Å². The zero-order valence-electron chi connectivity index (χ0n) is 13.2. The van der Waals surface area contributed by atoms with Gasteiger partial charge in [0.15, 0.2) is 11.5 Å². The first kappa shape index (κ1) is 16.0. The number of pyridine rings is 1. The summed E-state index contributed by atoms with van der Waals surface area (Å²) in [7, 11) is 3.79. The Morgan fingerprint density at radius 1 is 1.21 bits per heavy atom. The van der Waals surface area contributed by atoms with Gasteiger partial charge in [-0.15, -0.1) is 0 Å². The second-order valence-electron chi connectivity index (χ2n) is 5.34. The van der Waals surface area contributed by atoms with Crippen LogP contribution in [0.2, 0.25) is 5.02 Å². The lowest BCUT2D eigenvalue weighted by Crippen LogP contribution is -2.14. The Kier molecular flexibility index (Phi) is 4.48. The van der Waals surface area contributed by atoms with Crippen LogP contribution in [-0.2, 0) is 0 Å². The molecular formula is C17H15ClN4O2. The summed E-state index contributed by atoms with van der Waals surface area (Å²) in [5.41, 5.74) is 1.52. The number of halogens is 1. The molecule has 0 saturated carbocycles. The molecule has 2 aromatic heterocycles. The maximum absolute atomic E-state index is 12.2. The summed E-state index contributed by atoms with van der Waals surface area (Å²) in [4.78, 5) is 18.4. The zero-order chi connectivity index (χ0) is 17.1. The van der Waals surface area contributed by atoms with Crippen LogP contribution < -0.4 is 10.2 Å². The van der Waals surface area contributed by atoms with Gasteiger partial charge in [-0.2, -0.15) is 0 Å². The maximum atomic E-state index is 12.2. The Morgan fingerprint density at radius 3 is 2.71 bits per heavy atom. The Hall–Kier alpha value is -2.86. The number of aromatic nitrogens is 2. The van der Waals surface area contributed by atoms with Gasteiger partial charge in [-0.1, -0.05) is 28.9 Å². The highest BCUT2D eigenvalue weighted by molar-refractivity contribution is 6.30. The lowest BCUT2D eigenvalue weighted by Gasteiger charge is -2.11. The fraction of sp³-hybridized carbons (Fsp3) is 0.118. The summed E-state index contributed by atoms with van der Waals surface area (Å²) in [6, 6.07) is 12.3. The molecule has 0 unspecified atom stereocenters. The molecule has 122 valence electrons. The minimum atomic E-state index is -0.369. The van der Waals surface area contributed by atoms with Crippen LogP contribution in [-0.4, -0.2) is 30.1 Å². The van der Waals surface area contributed by atoms with Gasteiger partial charge in [-0.05, 0) is 24.3 Å². The van der Waals surface area contributed by atoms with Gasteiger partial charge in [0.1, 0.15) is 5.82 Å². The molecule has 3 aromatic rings. The van der Waals surface area contributed by atoms with Gasteiger partial charge in [0, 0.05) is 30.7 Å². The van der Waals surface area contributed by atoms with Crippen LogP contribution in [0.5, 0.6) is 0 Å². The van der Waals surface area contributed by atoms with Crippen molar-refractivity contribution in [2.75, 3.05) is 24.3 Å². The van der Waals surface area contributed by atoms with Gasteiger partial charge in [0.2, 0.25) is 0 Å². The summed E-state index contributed by atoms with van der Waals surface area (Å²) < 4.78 is 5.22. The molecule has 0 atom stereocenters. The molecule has 0 aliphatic carbocycles. The van der Waals surface area contributed by atoms with E-state index in [0.29, 0.717) is 16.5 Å². The van der Waals surface area contributed by atoms with E-state index in [0.717, 1.165) is 11.4 Å². The first-order valence-electron chi connectivity index (χ1n) is 7.20. The van der Waals surface area contributed by atoms with Crippen molar-refractivity contribution in [3.63, 3.8) is 0 Å². The third-order valence-electron chi connectivity index (χ3n) is 3.32. The largest absolute Gasteiger partial charge is 0.363 e. The molecule has 0 spiro atoms. The van der Waals surface area contributed by atoms with E-state index in [-0.39, 0.29) is 11.6 Å². The van der Waals surface area contributed by atoms with Crippen molar-refractivity contribution in [3.8, 4) is 11.3 Å². The monoisotopic (exact) mass is 342 g/mol. The molecule has 6 nitrogen and oxygen atoms in total. The first-order chi connectivity index (χ1) is 11.5. The minimum absolute atomic E-state index is 0.182. The average molecular weight is 343 g/mol. The number of carbonyl (C=O) groups is 1. The van der Waals surface area contributed by atoms with Gasteiger partial charge in [-0.3, -0.25) is 4.79 Å². The molecule has 0 aliphatic rings. The second kappa shape index (κ2) is 6.72. The first-order valence-corrected chi connectivity index (χ1v) is 7.58. The van der Waals surface area contributed by atoms with Crippen molar-refractivity contribution >= 4 is 29.0 Å². The molecule has 1 N–H and O–H groups in total. The summed E-state index contributed by atoms with van der Waals surface area (Å²) in [5, 5.41) is 7.12. The van der Waals surface area contributed by atoms with E-state index in [1.165, 1.54) is 0 Å². The highest BCUT2D eigenvalue weighted by Crippen LogP contribution is 2.23. The van der Waals surface area contributed by atoms with Gasteiger partial charge in [0.05, 0.1) is 11.9 Å². The van der Waals surface area contributed by atoms with Crippen LogP contribution >= 0.6 is 11.6 Å². The standard InChI is InChI=1S/C17H15ClN4O2/c1-22(2)16-7-6-13(10-19-16)20-17(23)14-9-15(24-21-14)11-4-3-5-12(18)8-11/h3-10H,1-2H3,(H,20,23). The van der Waals surface area contributed by atoms with Crippen molar-refractivity contribution < 1.29 is 9.32 Å². The summed E-state index contributed by atoms with van der Waals surface area (Å²) in [5.74, 6) is 0.910. The van der Waals surface area contributed by atoms with E-state index in [9.17, 15) is 4.79 Å². The SMILES string of the molecule is CN(C)c1ccc(NC(=O)c2cc(-c3cccc(Cl)c3)on2)cn1. The summed E-state index contributed by atoms with van der Waals surface area (Å²) in [6.45, 7) is 0. The predicted molar refractivity (Wildman–Crippen MR) is 93.5 cm³/mol. The number of carbonyl (C=O) groups excluding carboxylic acids is 1. The molecular weight excluding hydrogens is 328 g/mol. The Labute approximate surface area is 144 Å². The highest BCUT2D eigenvalue weighted by atomic mass is 35.5. The fourth-order valence-electron chi connectivity index (χ4n) is 2.08. The Morgan fingerprint density at radius 2 is 2.04 bits per heavy atom. The van der Waals surface area contributed by atoms with Gasteiger partial charge >= 0.3 is 0 Å². The van der Waals surface area contributed by atoms with Crippen molar-refractivity contribution in [2.24, 2.45) is 0 Å². The molecule has 0 bridgehead atoms. The van der Waals surface area contributed by atoms with Gasteiger partial charge in [-0.25, -0.2) is 4.98 Å². The molecule has 1 amide bonds. The number of rotatable bonds is 4. The lowest BCUT2D eigenvalue weighted by molar-refractivity contribution is 0.101. The fourth-order valence-corrected chi connectivity index (χ4v) is 2.27. The predicted octanol–water partition coefficient (Wildman–Crippen LogP) is 3.71. The molecule has 7 heteroatoms. The number of anilines is 2. The van der Waals surface area contributed by atoms with Crippen LogP contribution in [0.3, 0.4) is 0 Å². The highest BCUT2D eigenvalue weighted by Gasteiger charge is 2.14. The average Bonchev–Trinajstić information content (AvgIpc) is 3.05. The second-order valence-corrected chi connectivity index (χ2v) is 5.78. The number of benzene rings is 1. The molecule has 0 radical (unpaired) electrons. The van der Waals surface area contributed by atoms with Crippen LogP contribution in [0.25, 0.3) is 11.3 Å². The third-order valence-corrected chi connectivity index (χ3v) is 3.55. The van der Waals surface area contributed by atoms with Gasteiger partial charge in [0.25, 0.3) is 5.91 Å². The topological polar surface area (TPSA) is 71.3 Å². The van der Waals surface area contributed by atoms with Crippen LogP contribution in [0.15, 0.2) is 53.2 Å². The summed E-state index contributed by atoms with van der Waals surface area (Å²) in [6.07, 6.45) is 1.59. The minimum Gasteiger partial charge on any atom is -0.363 e. The van der Waals surface area contributed by atoms with Crippen LogP contribution in [0, 0.1) is 0 Å². The smallest absolute Gasteiger partial charge is 0.277 e. The number of nitrogens with one attached hydrogen (secondary N) is 1. The third kappa shape index (κ3) is 3.55. The number of nitrogens with zero attached hydrogens (tertiary/aromatic N) is 3. The molecule has 0 fully saturated rings. The van der Waals surface area contributed by atoms with Crippen molar-refractivity contribution in [2.45, 2.75) is 0 Å². The number of hydrogen-bond acceptors (Lipinski definition) is 5. The Balaban J connectivity index is 1.74. The van der Waals surface area contributed by atoms with Gasteiger partial charge < -0.3 is 14.7 Å². The van der Waals surface area contributed by atoms with E-state index >= 15 is 0 Å². The molecule has 0 saturated heterocycles. The molecule has 24 heavy (non-hydrogen) atoms. The molecule has 2 heterocycles. The zero-order valence-corrected chi connectivity index (χ0v) is 13.9. The van der Waals surface area contributed by atoms with E-state index in [2.05, 4.69) is 15.5 Å². The quantitative estimate of drug-likeness (QED) is 0.782. The maximum Gasteiger partial charge on any atom is 0.277 e. The number of hydrogen-bond donors (Lipinski definition) is 1.